The van der Waals surface area contributed by atoms with Gasteiger partial charge in [0.1, 0.15) is 12.4 Å². The van der Waals surface area contributed by atoms with Crippen molar-refractivity contribution in [2.45, 2.75) is 19.5 Å². The van der Waals surface area contributed by atoms with Crippen molar-refractivity contribution >= 4 is 23.8 Å². The molecule has 0 bridgehead atoms. The van der Waals surface area contributed by atoms with E-state index >= 15 is 0 Å². The second kappa shape index (κ2) is 7.99. The molecule has 1 aliphatic rings. The molecule has 8 heteroatoms. The van der Waals surface area contributed by atoms with E-state index in [0.29, 0.717) is 16.0 Å². The highest BCUT2D eigenvalue weighted by Gasteiger charge is 2.45. The maximum atomic E-state index is 13.0. The Hall–Kier alpha value is -3.55. The maximum absolute atomic E-state index is 13.0. The van der Waals surface area contributed by atoms with Crippen molar-refractivity contribution in [3.05, 3.63) is 71.5 Å². The Balaban J connectivity index is 1.63. The number of imide groups is 2. The van der Waals surface area contributed by atoms with Gasteiger partial charge in [0, 0.05) is 0 Å². The van der Waals surface area contributed by atoms with Gasteiger partial charge < -0.3 is 5.32 Å². The standard InChI is InChI=1S/C20H18FN3O4/c1-13(15-7-9-16(21)10-8-15)22-17(25)12-24-19(27)18(26)23(20(24)28)11-14-5-3-2-4-6-14/h2-10,13H,11-12H2,1H3,(H,22,25). The Kier molecular flexibility index (Phi) is 5.49. The van der Waals surface area contributed by atoms with Crippen LogP contribution in [0.5, 0.6) is 0 Å². The van der Waals surface area contributed by atoms with Crippen molar-refractivity contribution < 1.29 is 23.6 Å². The molecule has 1 saturated heterocycles. The van der Waals surface area contributed by atoms with Gasteiger partial charge >= 0.3 is 17.8 Å². The van der Waals surface area contributed by atoms with E-state index in [1.54, 1.807) is 37.3 Å². The Morgan fingerprint density at radius 1 is 0.964 bits per heavy atom. The van der Waals surface area contributed by atoms with Crippen LogP contribution in [-0.2, 0) is 20.9 Å². The lowest BCUT2D eigenvalue weighted by Crippen LogP contribution is -2.42. The second-order valence-corrected chi connectivity index (χ2v) is 6.39. The number of hydrogen-bond acceptors (Lipinski definition) is 4. The van der Waals surface area contributed by atoms with E-state index in [9.17, 15) is 23.6 Å². The highest BCUT2D eigenvalue weighted by Crippen LogP contribution is 2.17. The fourth-order valence-electron chi connectivity index (χ4n) is 2.86. The van der Waals surface area contributed by atoms with Crippen LogP contribution in [0.3, 0.4) is 0 Å². The van der Waals surface area contributed by atoms with Crippen LogP contribution in [0.2, 0.25) is 0 Å². The molecule has 1 fully saturated rings. The van der Waals surface area contributed by atoms with Crippen LogP contribution in [0.25, 0.3) is 0 Å². The number of rotatable bonds is 6. The first-order valence-corrected chi connectivity index (χ1v) is 8.63. The molecule has 0 spiro atoms. The van der Waals surface area contributed by atoms with Gasteiger partial charge in [-0.2, -0.15) is 0 Å². The van der Waals surface area contributed by atoms with Gasteiger partial charge in [-0.3, -0.25) is 19.3 Å². The summed E-state index contributed by atoms with van der Waals surface area (Å²) in [5.41, 5.74) is 1.35. The number of carbonyl (C=O) groups excluding carboxylic acids is 4. The van der Waals surface area contributed by atoms with E-state index < -0.39 is 42.2 Å². The van der Waals surface area contributed by atoms with E-state index in [-0.39, 0.29) is 6.54 Å². The van der Waals surface area contributed by atoms with Gasteiger partial charge in [-0.15, -0.1) is 0 Å². The fraction of sp³-hybridized carbons (Fsp3) is 0.200. The molecule has 7 nitrogen and oxygen atoms in total. The summed E-state index contributed by atoms with van der Waals surface area (Å²) in [5, 5.41) is 2.63. The van der Waals surface area contributed by atoms with Crippen molar-refractivity contribution in [2.24, 2.45) is 0 Å². The van der Waals surface area contributed by atoms with E-state index in [1.165, 1.54) is 24.3 Å². The topological polar surface area (TPSA) is 86.8 Å². The molecule has 0 radical (unpaired) electrons. The normalized spacial score (nSPS) is 15.1. The van der Waals surface area contributed by atoms with Crippen LogP contribution in [0.4, 0.5) is 9.18 Å². The number of carbonyl (C=O) groups is 4. The van der Waals surface area contributed by atoms with Crippen LogP contribution < -0.4 is 5.32 Å². The van der Waals surface area contributed by atoms with E-state index in [0.717, 1.165) is 4.90 Å². The number of benzene rings is 2. The number of nitrogens with zero attached hydrogens (tertiary/aromatic N) is 2. The second-order valence-electron chi connectivity index (χ2n) is 6.39. The summed E-state index contributed by atoms with van der Waals surface area (Å²) in [7, 11) is 0. The van der Waals surface area contributed by atoms with Gasteiger partial charge in [-0.05, 0) is 30.2 Å². The van der Waals surface area contributed by atoms with E-state index in [1.807, 2.05) is 0 Å². The minimum Gasteiger partial charge on any atom is -0.348 e. The van der Waals surface area contributed by atoms with Crippen molar-refractivity contribution in [3.8, 4) is 0 Å². The Morgan fingerprint density at radius 3 is 2.21 bits per heavy atom. The molecule has 28 heavy (non-hydrogen) atoms. The van der Waals surface area contributed by atoms with Crippen molar-refractivity contribution in [1.29, 1.82) is 0 Å². The summed E-state index contributed by atoms with van der Waals surface area (Å²) in [6.07, 6.45) is 0. The van der Waals surface area contributed by atoms with Crippen LogP contribution in [0, 0.1) is 5.82 Å². The Bertz CT molecular complexity index is 915. The average molecular weight is 383 g/mol. The summed E-state index contributed by atoms with van der Waals surface area (Å²) >= 11 is 0. The minimum absolute atomic E-state index is 0.0473. The predicted molar refractivity (Wildman–Crippen MR) is 97.1 cm³/mol. The molecule has 1 aliphatic heterocycles. The quantitative estimate of drug-likeness (QED) is 0.611. The third-order valence-electron chi connectivity index (χ3n) is 4.37. The third-order valence-corrected chi connectivity index (χ3v) is 4.37. The molecular weight excluding hydrogens is 365 g/mol. The van der Waals surface area contributed by atoms with Crippen LogP contribution in [0.15, 0.2) is 54.6 Å². The minimum atomic E-state index is -1.04. The summed E-state index contributed by atoms with van der Waals surface area (Å²) in [5.74, 6) is -3.00. The molecule has 0 aliphatic carbocycles. The molecule has 0 aromatic heterocycles. The van der Waals surface area contributed by atoms with Crippen molar-refractivity contribution in [3.63, 3.8) is 0 Å². The highest BCUT2D eigenvalue weighted by molar-refractivity contribution is 6.44. The van der Waals surface area contributed by atoms with Crippen LogP contribution in [-0.4, -0.2) is 40.1 Å². The van der Waals surface area contributed by atoms with Crippen LogP contribution in [0.1, 0.15) is 24.1 Å². The summed E-state index contributed by atoms with van der Waals surface area (Å²) in [4.78, 5) is 50.4. The lowest BCUT2D eigenvalue weighted by Gasteiger charge is -2.18. The molecule has 1 atom stereocenters. The molecular formula is C20H18FN3O4. The van der Waals surface area contributed by atoms with E-state index in [2.05, 4.69) is 5.32 Å². The molecule has 144 valence electrons. The molecule has 2 aromatic carbocycles. The molecule has 2 aromatic rings. The molecule has 1 N–H and O–H groups in total. The number of hydrogen-bond donors (Lipinski definition) is 1. The zero-order valence-corrected chi connectivity index (χ0v) is 15.1. The van der Waals surface area contributed by atoms with Gasteiger partial charge in [0.2, 0.25) is 5.91 Å². The average Bonchev–Trinajstić information content (AvgIpc) is 2.87. The predicted octanol–water partition coefficient (Wildman–Crippen LogP) is 1.99. The van der Waals surface area contributed by atoms with Crippen molar-refractivity contribution in [2.75, 3.05) is 6.54 Å². The first kappa shape index (κ1) is 19.2. The van der Waals surface area contributed by atoms with Gasteiger partial charge in [0.15, 0.2) is 0 Å². The number of nitrogens with one attached hydrogen (secondary N) is 1. The third kappa shape index (κ3) is 4.06. The summed E-state index contributed by atoms with van der Waals surface area (Å²) in [6.45, 7) is 1.07. The Morgan fingerprint density at radius 2 is 1.57 bits per heavy atom. The summed E-state index contributed by atoms with van der Waals surface area (Å²) in [6, 6.07) is 13.1. The summed E-state index contributed by atoms with van der Waals surface area (Å²) < 4.78 is 13.0. The van der Waals surface area contributed by atoms with Gasteiger partial charge in [-0.25, -0.2) is 14.1 Å². The SMILES string of the molecule is CC(NC(=O)CN1C(=O)C(=O)N(Cc2ccccc2)C1=O)c1ccc(F)cc1. The highest BCUT2D eigenvalue weighted by atomic mass is 19.1. The molecule has 5 amide bonds. The molecule has 0 saturated carbocycles. The zero-order valence-electron chi connectivity index (χ0n) is 15.1. The lowest BCUT2D eigenvalue weighted by atomic mass is 10.1. The van der Waals surface area contributed by atoms with Crippen molar-refractivity contribution in [1.82, 2.24) is 15.1 Å². The Labute approximate surface area is 160 Å². The maximum Gasteiger partial charge on any atom is 0.335 e. The first-order valence-electron chi connectivity index (χ1n) is 8.63. The van der Waals surface area contributed by atoms with Gasteiger partial charge in [0.05, 0.1) is 12.6 Å². The fourth-order valence-corrected chi connectivity index (χ4v) is 2.86. The largest absolute Gasteiger partial charge is 0.348 e. The van der Waals surface area contributed by atoms with E-state index in [4.69, 9.17) is 0 Å². The monoisotopic (exact) mass is 383 g/mol. The molecule has 1 heterocycles. The van der Waals surface area contributed by atoms with Crippen LogP contribution >= 0.6 is 0 Å². The molecule has 3 rings (SSSR count). The number of amides is 5. The van der Waals surface area contributed by atoms with Gasteiger partial charge in [0.25, 0.3) is 0 Å². The number of halogens is 1. The number of urea groups is 1. The molecule has 1 unspecified atom stereocenters. The zero-order chi connectivity index (χ0) is 20.3. The first-order chi connectivity index (χ1) is 13.4. The smallest absolute Gasteiger partial charge is 0.335 e. The van der Waals surface area contributed by atoms with Gasteiger partial charge in [-0.1, -0.05) is 42.5 Å². The lowest BCUT2D eigenvalue weighted by molar-refractivity contribution is -0.144.